The molecule has 0 saturated carbocycles. The van der Waals surface area contributed by atoms with Crippen molar-refractivity contribution in [1.82, 2.24) is 19.9 Å². The Hall–Kier alpha value is -7.76. The molecule has 12 nitrogen and oxygen atoms in total. The standard InChI is InChI=1S/C94H126N4O8.Zn/c1-5-9-13-17-21-25-29-33-37-41-65-103-85-63-53-75(69-87(85)105-67-43-39-35-31-27-23-19-15-11-7-3)91-81-59-57-79(96-81)89(71-45-49-73(50-46-71)93(99)100)77-55-56-78(95-77)90(72-47-51-74(52-48-72)94(101)102)80-58-60-82(97-80)92(84-62-61-83(91)98-84)76-54-64-86(104-66-42-38-34-30-26-22-18-14-10-6-2)88(70-76)106-68-44-40-36-32-28-24-20-16-12-8-4;/h45-64,69-70H,5-44,65-68H2,1-4H3,(H4,95,96,97,98,99,100,101,102);/q;+2/p-2. The summed E-state index contributed by atoms with van der Waals surface area (Å²) in [4.78, 5) is 46.9. The molecular formula is C94H124N4O8Zn. The number of aromatic nitrogens is 4. The Morgan fingerprint density at radius 3 is 0.738 bits per heavy atom. The average Bonchev–Trinajstić information content (AvgIpc) is 1.61. The molecule has 5 heterocycles. The van der Waals surface area contributed by atoms with Crippen molar-refractivity contribution in [2.45, 2.75) is 285 Å². The van der Waals surface area contributed by atoms with Crippen molar-refractivity contribution in [1.29, 1.82) is 0 Å². The van der Waals surface area contributed by atoms with Gasteiger partial charge in [0.2, 0.25) is 0 Å². The number of rotatable bonds is 54. The fourth-order valence-corrected chi connectivity index (χ4v) is 14.7. The summed E-state index contributed by atoms with van der Waals surface area (Å²) in [6.07, 6.45) is 57.5. The van der Waals surface area contributed by atoms with Crippen LogP contribution < -0.4 is 28.9 Å². The molecule has 2 N–H and O–H groups in total. The number of carboxylic acids is 2. The van der Waals surface area contributed by atoms with Crippen LogP contribution in [0.15, 0.2) is 109 Å². The summed E-state index contributed by atoms with van der Waals surface area (Å²) < 4.78 is 27.2. The first-order valence-electron chi connectivity index (χ1n) is 41.7. The molecule has 0 aliphatic carbocycles. The first-order chi connectivity index (χ1) is 52.2. The quantitative estimate of drug-likeness (QED) is 0.0274. The number of benzene rings is 4. The van der Waals surface area contributed by atoms with Crippen LogP contribution in [0.2, 0.25) is 0 Å². The second kappa shape index (κ2) is 48.6. The maximum atomic E-state index is 12.3. The zero-order valence-electron chi connectivity index (χ0n) is 65.7. The van der Waals surface area contributed by atoms with Crippen LogP contribution in [0.3, 0.4) is 0 Å². The number of hydrogen-bond donors (Lipinski definition) is 2. The summed E-state index contributed by atoms with van der Waals surface area (Å²) in [6, 6.07) is 34.4. The van der Waals surface area contributed by atoms with Gasteiger partial charge in [-0.2, -0.15) is 0 Å². The van der Waals surface area contributed by atoms with Crippen LogP contribution in [0.4, 0.5) is 0 Å². The Morgan fingerprint density at radius 1 is 0.280 bits per heavy atom. The molecule has 8 bridgehead atoms. The van der Waals surface area contributed by atoms with Gasteiger partial charge in [-0.05, 0) is 143 Å². The molecule has 4 aromatic carbocycles. The predicted octanol–water partition coefficient (Wildman–Crippen LogP) is 27.2. The second-order valence-electron chi connectivity index (χ2n) is 29.6. The van der Waals surface area contributed by atoms with Crippen molar-refractivity contribution in [3.63, 3.8) is 0 Å². The third-order valence-corrected chi connectivity index (χ3v) is 20.9. The Morgan fingerprint density at radius 2 is 0.495 bits per heavy atom. The van der Waals surface area contributed by atoms with E-state index in [4.69, 9.17) is 38.9 Å². The molecule has 0 unspecified atom stereocenters. The number of fused-ring (bicyclic) bond motifs is 8. The van der Waals surface area contributed by atoms with Crippen LogP contribution in [0.5, 0.6) is 23.0 Å². The molecule has 2 aliphatic heterocycles. The number of unbranched alkanes of at least 4 members (excludes halogenated alkanes) is 36. The van der Waals surface area contributed by atoms with E-state index in [1.54, 1.807) is 24.3 Å². The molecule has 0 spiro atoms. The normalized spacial score (nSPS) is 11.7. The average molecular weight is 1500 g/mol. The van der Waals surface area contributed by atoms with Gasteiger partial charge in [-0.25, -0.2) is 19.6 Å². The molecule has 0 fully saturated rings. The minimum atomic E-state index is -1.02. The van der Waals surface area contributed by atoms with Gasteiger partial charge in [0.15, 0.2) is 23.0 Å². The Labute approximate surface area is 654 Å². The third kappa shape index (κ3) is 27.4. The summed E-state index contributed by atoms with van der Waals surface area (Å²) in [5, 5.41) is 20.2. The van der Waals surface area contributed by atoms with Crippen LogP contribution in [0.1, 0.15) is 328 Å². The number of ether oxygens (including phenoxy) is 4. The third-order valence-electron chi connectivity index (χ3n) is 20.9. The molecule has 0 atom stereocenters. The van der Waals surface area contributed by atoms with Crippen molar-refractivity contribution in [2.75, 3.05) is 26.4 Å². The van der Waals surface area contributed by atoms with Crippen LogP contribution in [0.25, 0.3) is 90.9 Å². The molecule has 7 aromatic rings. The number of nitrogens with zero attached hydrogens (tertiary/aromatic N) is 4. The molecule has 0 saturated heterocycles. The van der Waals surface area contributed by atoms with Crippen LogP contribution in [-0.2, 0) is 19.5 Å². The number of carbonyl (C=O) groups is 2. The van der Waals surface area contributed by atoms with Gasteiger partial charge in [-0.3, -0.25) is 0 Å². The van der Waals surface area contributed by atoms with Crippen molar-refractivity contribution < 1.29 is 58.2 Å². The molecular weight excluding hydrogens is 1380 g/mol. The van der Waals surface area contributed by atoms with Gasteiger partial charge in [0.1, 0.15) is 0 Å². The van der Waals surface area contributed by atoms with Crippen molar-refractivity contribution >= 4 is 58.3 Å². The summed E-state index contributed by atoms with van der Waals surface area (Å²) in [5.74, 6) is 0.759. The van der Waals surface area contributed by atoms with Gasteiger partial charge in [-0.1, -0.05) is 320 Å². The molecule has 9 rings (SSSR count). The summed E-state index contributed by atoms with van der Waals surface area (Å²) in [5.41, 5.74) is 11.7. The van der Waals surface area contributed by atoms with E-state index in [0.29, 0.717) is 93.9 Å². The smallest absolute Gasteiger partial charge is 0.657 e. The zero-order chi connectivity index (χ0) is 74.2. The second-order valence-corrected chi connectivity index (χ2v) is 29.6. The zero-order valence-corrected chi connectivity index (χ0v) is 68.6. The van der Waals surface area contributed by atoms with Crippen LogP contribution in [0, 0.1) is 0 Å². The Kier molecular flexibility index (Phi) is 38.6. The van der Waals surface area contributed by atoms with Gasteiger partial charge in [0.25, 0.3) is 0 Å². The maximum Gasteiger partial charge on any atom is 2.00 e. The van der Waals surface area contributed by atoms with E-state index >= 15 is 0 Å². The molecule has 0 radical (unpaired) electrons. The van der Waals surface area contributed by atoms with Gasteiger partial charge >= 0.3 is 31.4 Å². The van der Waals surface area contributed by atoms with E-state index in [-0.39, 0.29) is 30.6 Å². The van der Waals surface area contributed by atoms with Crippen LogP contribution in [-0.4, -0.2) is 58.5 Å². The molecule has 13 heteroatoms. The van der Waals surface area contributed by atoms with Crippen molar-refractivity contribution in [2.24, 2.45) is 0 Å². The molecule has 570 valence electrons. The van der Waals surface area contributed by atoms with Crippen molar-refractivity contribution in [3.8, 4) is 67.5 Å². The van der Waals surface area contributed by atoms with Crippen LogP contribution >= 0.6 is 0 Å². The maximum absolute atomic E-state index is 12.3. The SMILES string of the molecule is CCCCCCCCCCCCOc1ccc(-c2c3nc(c(-c4ccc(OCCCCCCCCCCCC)c(OCCCCCCCCCCCC)c4)c4ccc([n-]4)c(-c4ccc(C(=O)O)cc4)c4nc(c(-c5ccc(C(=O)O)cc5)c5ccc2[n-]5)C=C4)C=C3)cc1OCCCCCCCCCCCC.[Zn+2]. The van der Waals surface area contributed by atoms with E-state index < -0.39 is 11.9 Å². The summed E-state index contributed by atoms with van der Waals surface area (Å²) in [7, 11) is 0. The van der Waals surface area contributed by atoms with E-state index in [2.05, 4.69) is 76.2 Å². The Bertz CT molecular complexity index is 3770. The van der Waals surface area contributed by atoms with E-state index in [9.17, 15) is 19.8 Å². The van der Waals surface area contributed by atoms with E-state index in [1.165, 1.54) is 205 Å². The number of carboxylic acid groups (broad SMARTS) is 2. The van der Waals surface area contributed by atoms with Gasteiger partial charge in [0.05, 0.1) is 60.3 Å². The minimum absolute atomic E-state index is 0. The Balaban J connectivity index is 0.0000144. The van der Waals surface area contributed by atoms with Crippen molar-refractivity contribution in [3.05, 3.63) is 143 Å². The largest absolute Gasteiger partial charge is 2.00 e. The molecule has 107 heavy (non-hydrogen) atoms. The summed E-state index contributed by atoms with van der Waals surface area (Å²) in [6.45, 7) is 11.4. The van der Waals surface area contributed by atoms with Gasteiger partial charge < -0.3 is 39.1 Å². The van der Waals surface area contributed by atoms with E-state index in [0.717, 1.165) is 96.2 Å². The minimum Gasteiger partial charge on any atom is -0.657 e. The fourth-order valence-electron chi connectivity index (χ4n) is 14.7. The van der Waals surface area contributed by atoms with Gasteiger partial charge in [-0.15, -0.1) is 22.1 Å². The predicted molar refractivity (Wildman–Crippen MR) is 442 cm³/mol. The molecule has 3 aromatic heterocycles. The first kappa shape index (κ1) is 84.9. The van der Waals surface area contributed by atoms with Gasteiger partial charge in [0, 0.05) is 0 Å². The summed E-state index contributed by atoms with van der Waals surface area (Å²) >= 11 is 0. The number of hydrogen-bond acceptors (Lipinski definition) is 8. The van der Waals surface area contributed by atoms with E-state index in [1.807, 2.05) is 60.7 Å². The fraction of sp³-hybridized carbons (Fsp3) is 0.511. The first-order valence-corrected chi connectivity index (χ1v) is 41.7. The number of aromatic carboxylic acids is 2. The monoisotopic (exact) mass is 1500 g/mol. The molecule has 2 aliphatic rings. The molecule has 0 amide bonds. The topological polar surface area (TPSA) is 165 Å².